The monoisotopic (exact) mass is 316 g/mol. The molecule has 0 bridgehead atoms. The van der Waals surface area contributed by atoms with E-state index >= 15 is 0 Å². The molecule has 5 heteroatoms. The number of carbonyl (C=O) groups is 1. The zero-order valence-electron chi connectivity index (χ0n) is 11.2. The second-order valence-corrected chi connectivity index (χ2v) is 5.61. The van der Waals surface area contributed by atoms with Crippen molar-refractivity contribution in [2.24, 2.45) is 0 Å². The van der Waals surface area contributed by atoms with Crippen molar-refractivity contribution in [3.05, 3.63) is 59.1 Å². The van der Waals surface area contributed by atoms with Crippen molar-refractivity contribution in [1.82, 2.24) is 0 Å². The summed E-state index contributed by atoms with van der Waals surface area (Å²) in [6.45, 7) is 0. The fraction of sp³-hybridized carbons (Fsp3) is 0.125. The molecular weight excluding hydrogens is 304 g/mol. The smallest absolute Gasteiger partial charge is 0.224 e. The molecule has 0 heterocycles. The number of anilines is 1. The predicted octanol–water partition coefficient (Wildman–Crippen LogP) is 4.48. The molecule has 0 saturated heterocycles. The van der Waals surface area contributed by atoms with Crippen LogP contribution in [0.1, 0.15) is 12.0 Å². The Morgan fingerprint density at radius 2 is 2.00 bits per heavy atom. The van der Waals surface area contributed by atoms with Crippen LogP contribution in [0.4, 0.5) is 5.69 Å². The highest BCUT2D eigenvalue weighted by atomic mass is 35.5. The maximum Gasteiger partial charge on any atom is 0.224 e. The van der Waals surface area contributed by atoms with Gasteiger partial charge in [0.1, 0.15) is 5.40 Å². The van der Waals surface area contributed by atoms with Gasteiger partial charge in [-0.1, -0.05) is 41.9 Å². The lowest BCUT2D eigenvalue weighted by atomic mass is 10.1. The minimum atomic E-state index is -0.0596. The van der Waals surface area contributed by atoms with E-state index in [2.05, 4.69) is 5.32 Å². The normalized spacial score (nSPS) is 9.90. The van der Waals surface area contributed by atoms with Crippen molar-refractivity contribution in [2.45, 2.75) is 17.7 Å². The third kappa shape index (κ3) is 4.82. The molecular formula is C16H13ClN2OS. The molecule has 106 valence electrons. The van der Waals surface area contributed by atoms with Gasteiger partial charge in [0.05, 0.1) is 5.02 Å². The van der Waals surface area contributed by atoms with E-state index in [1.807, 2.05) is 35.7 Å². The van der Waals surface area contributed by atoms with Crippen LogP contribution in [0.2, 0.25) is 5.02 Å². The Balaban J connectivity index is 1.91. The van der Waals surface area contributed by atoms with Crippen molar-refractivity contribution in [3.8, 4) is 5.40 Å². The van der Waals surface area contributed by atoms with E-state index in [4.69, 9.17) is 16.9 Å². The Morgan fingerprint density at radius 3 is 2.67 bits per heavy atom. The van der Waals surface area contributed by atoms with Crippen molar-refractivity contribution >= 4 is 35.0 Å². The number of hydrogen-bond donors (Lipinski definition) is 1. The summed E-state index contributed by atoms with van der Waals surface area (Å²) in [4.78, 5) is 12.6. The number of thioether (sulfide) groups is 1. The van der Waals surface area contributed by atoms with Crippen LogP contribution in [-0.4, -0.2) is 5.91 Å². The quantitative estimate of drug-likeness (QED) is 0.653. The third-order valence-electron chi connectivity index (χ3n) is 2.85. The number of nitrogens with one attached hydrogen (secondary N) is 1. The lowest BCUT2D eigenvalue weighted by Gasteiger charge is -2.07. The molecule has 21 heavy (non-hydrogen) atoms. The minimum absolute atomic E-state index is 0.0596. The number of amides is 1. The molecule has 2 aromatic rings. The van der Waals surface area contributed by atoms with E-state index < -0.39 is 0 Å². The van der Waals surface area contributed by atoms with Crippen LogP contribution in [0.3, 0.4) is 0 Å². The lowest BCUT2D eigenvalue weighted by molar-refractivity contribution is -0.116. The van der Waals surface area contributed by atoms with Gasteiger partial charge in [-0.05, 0) is 41.9 Å². The Bertz CT molecular complexity index is 668. The molecule has 0 radical (unpaired) electrons. The van der Waals surface area contributed by atoms with Gasteiger partial charge in [-0.25, -0.2) is 0 Å². The predicted molar refractivity (Wildman–Crippen MR) is 86.3 cm³/mol. The molecule has 0 aliphatic heterocycles. The van der Waals surface area contributed by atoms with Crippen molar-refractivity contribution < 1.29 is 4.79 Å². The SMILES string of the molecule is N#CSc1ccc(NC(=O)CCc2ccccc2)cc1Cl. The number of carbonyl (C=O) groups excluding carboxylic acids is 1. The number of thiocyanates is 1. The summed E-state index contributed by atoms with van der Waals surface area (Å²) in [5.41, 5.74) is 1.77. The molecule has 0 aromatic heterocycles. The average molecular weight is 317 g/mol. The van der Waals surface area contributed by atoms with E-state index in [0.29, 0.717) is 28.4 Å². The molecule has 0 fully saturated rings. The maximum atomic E-state index is 11.9. The summed E-state index contributed by atoms with van der Waals surface area (Å²) in [5, 5.41) is 13.9. The number of hydrogen-bond acceptors (Lipinski definition) is 3. The first-order valence-corrected chi connectivity index (χ1v) is 7.58. The van der Waals surface area contributed by atoms with Crippen LogP contribution in [-0.2, 0) is 11.2 Å². The molecule has 2 rings (SSSR count). The van der Waals surface area contributed by atoms with E-state index in [1.54, 1.807) is 18.2 Å². The number of halogens is 1. The van der Waals surface area contributed by atoms with Gasteiger partial charge in [0.15, 0.2) is 0 Å². The highest BCUT2D eigenvalue weighted by Crippen LogP contribution is 2.29. The standard InChI is InChI=1S/C16H13ClN2OS/c17-14-10-13(7-8-15(14)21-11-18)19-16(20)9-6-12-4-2-1-3-5-12/h1-5,7-8,10H,6,9H2,(H,19,20). The largest absolute Gasteiger partial charge is 0.326 e. The zero-order chi connectivity index (χ0) is 15.1. The summed E-state index contributed by atoms with van der Waals surface area (Å²) >= 11 is 7.04. The van der Waals surface area contributed by atoms with Gasteiger partial charge in [-0.15, -0.1) is 0 Å². The van der Waals surface area contributed by atoms with Gasteiger partial charge < -0.3 is 5.32 Å². The molecule has 0 aliphatic rings. The molecule has 0 unspecified atom stereocenters. The van der Waals surface area contributed by atoms with Crippen LogP contribution < -0.4 is 5.32 Å². The number of rotatable bonds is 5. The first-order valence-electron chi connectivity index (χ1n) is 6.38. The Morgan fingerprint density at radius 1 is 1.24 bits per heavy atom. The third-order valence-corrected chi connectivity index (χ3v) is 3.95. The zero-order valence-corrected chi connectivity index (χ0v) is 12.7. The van der Waals surface area contributed by atoms with E-state index in [9.17, 15) is 4.79 Å². The first kappa shape index (κ1) is 15.4. The van der Waals surface area contributed by atoms with Gasteiger partial charge >= 0.3 is 0 Å². The number of nitriles is 1. The van der Waals surface area contributed by atoms with E-state index in [1.165, 1.54) is 0 Å². The van der Waals surface area contributed by atoms with Gasteiger partial charge in [0.2, 0.25) is 5.91 Å². The Labute approximate surface area is 132 Å². The number of nitrogens with zero attached hydrogens (tertiary/aromatic N) is 1. The molecule has 0 spiro atoms. The lowest BCUT2D eigenvalue weighted by Crippen LogP contribution is -2.12. The first-order chi connectivity index (χ1) is 10.2. The number of aryl methyl sites for hydroxylation is 1. The van der Waals surface area contributed by atoms with Gasteiger partial charge in [-0.2, -0.15) is 5.26 Å². The molecule has 0 saturated carbocycles. The van der Waals surface area contributed by atoms with E-state index in [-0.39, 0.29) is 5.91 Å². The highest BCUT2D eigenvalue weighted by molar-refractivity contribution is 8.03. The Kier molecular flexibility index (Phi) is 5.68. The second-order valence-electron chi connectivity index (χ2n) is 4.37. The topological polar surface area (TPSA) is 52.9 Å². The van der Waals surface area contributed by atoms with Crippen molar-refractivity contribution in [1.29, 1.82) is 5.26 Å². The fourth-order valence-corrected chi connectivity index (χ4v) is 2.52. The second kappa shape index (κ2) is 7.72. The van der Waals surface area contributed by atoms with Gasteiger partial charge in [0.25, 0.3) is 0 Å². The molecule has 2 aromatic carbocycles. The summed E-state index contributed by atoms with van der Waals surface area (Å²) in [7, 11) is 0. The Hall–Kier alpha value is -1.96. The van der Waals surface area contributed by atoms with Crippen LogP contribution in [0.15, 0.2) is 53.4 Å². The highest BCUT2D eigenvalue weighted by Gasteiger charge is 2.06. The summed E-state index contributed by atoms with van der Waals surface area (Å²) in [6.07, 6.45) is 1.11. The maximum absolute atomic E-state index is 11.9. The molecule has 3 nitrogen and oxygen atoms in total. The van der Waals surface area contributed by atoms with Crippen LogP contribution in [0, 0.1) is 10.7 Å². The van der Waals surface area contributed by atoms with Crippen LogP contribution in [0.5, 0.6) is 0 Å². The fourth-order valence-electron chi connectivity index (χ4n) is 1.84. The summed E-state index contributed by atoms with van der Waals surface area (Å²) < 4.78 is 0. The van der Waals surface area contributed by atoms with Gasteiger partial charge in [-0.3, -0.25) is 4.79 Å². The van der Waals surface area contributed by atoms with E-state index in [0.717, 1.165) is 17.3 Å². The molecule has 1 N–H and O–H groups in total. The van der Waals surface area contributed by atoms with Crippen LogP contribution in [0.25, 0.3) is 0 Å². The number of benzene rings is 2. The molecule has 1 amide bonds. The molecule has 0 atom stereocenters. The summed E-state index contributed by atoms with van der Waals surface area (Å²) in [6, 6.07) is 15.0. The van der Waals surface area contributed by atoms with Gasteiger partial charge in [0, 0.05) is 17.0 Å². The summed E-state index contributed by atoms with van der Waals surface area (Å²) in [5.74, 6) is -0.0596. The van der Waals surface area contributed by atoms with Crippen LogP contribution >= 0.6 is 23.4 Å². The molecule has 0 aliphatic carbocycles. The minimum Gasteiger partial charge on any atom is -0.326 e. The van der Waals surface area contributed by atoms with Crippen molar-refractivity contribution in [2.75, 3.05) is 5.32 Å². The van der Waals surface area contributed by atoms with Crippen molar-refractivity contribution in [3.63, 3.8) is 0 Å². The average Bonchev–Trinajstić information content (AvgIpc) is 2.49.